The number of halogens is 1. The first-order valence-electron chi connectivity index (χ1n) is 7.55. The van der Waals surface area contributed by atoms with Crippen LogP contribution in [0.1, 0.15) is 13.8 Å². The Morgan fingerprint density at radius 3 is 2.41 bits per heavy atom. The van der Waals surface area contributed by atoms with Gasteiger partial charge in [0, 0.05) is 33.6 Å². The number of nitrogens with one attached hydrogen (secondary N) is 1. The fourth-order valence-electron chi connectivity index (χ4n) is 2.06. The van der Waals surface area contributed by atoms with Gasteiger partial charge < -0.3 is 10.2 Å². The highest BCUT2D eigenvalue weighted by Crippen LogP contribution is 2.22. The highest BCUT2D eigenvalue weighted by atomic mass is 79.9. The highest BCUT2D eigenvalue weighted by molar-refractivity contribution is 9.10. The van der Waals surface area contributed by atoms with Gasteiger partial charge in [-0.3, -0.25) is 0 Å². The van der Waals surface area contributed by atoms with Gasteiger partial charge in [-0.15, -0.1) is 11.8 Å². The van der Waals surface area contributed by atoms with Crippen LogP contribution >= 0.6 is 27.7 Å². The first-order valence-corrected chi connectivity index (χ1v) is 9.33. The molecule has 0 saturated heterocycles. The molecule has 0 amide bonds. The van der Waals surface area contributed by atoms with Gasteiger partial charge in [-0.2, -0.15) is 0 Å². The van der Waals surface area contributed by atoms with E-state index >= 15 is 0 Å². The Kier molecular flexibility index (Phi) is 7.22. The van der Waals surface area contributed by atoms with Crippen molar-refractivity contribution >= 4 is 39.2 Å². The molecule has 0 atom stereocenters. The Morgan fingerprint density at radius 1 is 1.09 bits per heavy atom. The van der Waals surface area contributed by atoms with Crippen molar-refractivity contribution in [1.82, 2.24) is 9.88 Å². The summed E-state index contributed by atoms with van der Waals surface area (Å²) >= 11 is 5.29. The lowest BCUT2D eigenvalue weighted by atomic mass is 10.3. The van der Waals surface area contributed by atoms with Gasteiger partial charge in [-0.25, -0.2) is 4.98 Å². The summed E-state index contributed by atoms with van der Waals surface area (Å²) in [6.45, 7) is 7.82. The normalized spacial score (nSPS) is 10.9. The smallest absolute Gasteiger partial charge is 0.130 e. The van der Waals surface area contributed by atoms with Crippen LogP contribution in [0.15, 0.2) is 52.0 Å². The van der Waals surface area contributed by atoms with E-state index < -0.39 is 0 Å². The van der Waals surface area contributed by atoms with E-state index in [1.807, 2.05) is 23.9 Å². The molecule has 2 aromatic rings. The zero-order valence-corrected chi connectivity index (χ0v) is 15.5. The quantitative estimate of drug-likeness (QED) is 0.651. The van der Waals surface area contributed by atoms with Gasteiger partial charge in [0.2, 0.25) is 0 Å². The molecule has 1 heterocycles. The molecule has 118 valence electrons. The molecule has 0 aliphatic heterocycles. The van der Waals surface area contributed by atoms with E-state index in [-0.39, 0.29) is 0 Å². The number of hydrogen-bond acceptors (Lipinski definition) is 4. The predicted octanol–water partition coefficient (Wildman–Crippen LogP) is 5.02. The van der Waals surface area contributed by atoms with Gasteiger partial charge >= 0.3 is 0 Å². The molecule has 0 radical (unpaired) electrons. The highest BCUT2D eigenvalue weighted by Gasteiger charge is 2.01. The van der Waals surface area contributed by atoms with Crippen LogP contribution in [0.3, 0.4) is 0 Å². The molecular formula is C17H22BrN3S. The van der Waals surface area contributed by atoms with Gasteiger partial charge in [-0.1, -0.05) is 13.8 Å². The SMILES string of the molecule is CCN(CC)CCSc1ccc(Nc2ccc(Br)cn2)cc1. The van der Waals surface area contributed by atoms with Crippen molar-refractivity contribution in [3.05, 3.63) is 47.1 Å². The molecule has 1 aromatic heterocycles. The fraction of sp³-hybridized carbons (Fsp3) is 0.353. The monoisotopic (exact) mass is 379 g/mol. The Hall–Kier alpha value is -1.04. The third-order valence-corrected chi connectivity index (χ3v) is 4.89. The first-order chi connectivity index (χ1) is 10.7. The molecule has 0 fully saturated rings. The minimum absolute atomic E-state index is 0.852. The van der Waals surface area contributed by atoms with Crippen molar-refractivity contribution in [2.75, 3.05) is 30.7 Å². The van der Waals surface area contributed by atoms with Crippen molar-refractivity contribution < 1.29 is 0 Å². The van der Waals surface area contributed by atoms with Crippen LogP contribution in [0.5, 0.6) is 0 Å². The molecule has 0 bridgehead atoms. The lowest BCUT2D eigenvalue weighted by Crippen LogP contribution is -2.25. The fourth-order valence-corrected chi connectivity index (χ4v) is 3.21. The predicted molar refractivity (Wildman–Crippen MR) is 100 cm³/mol. The van der Waals surface area contributed by atoms with Gasteiger partial charge in [0.1, 0.15) is 5.82 Å². The van der Waals surface area contributed by atoms with Crippen molar-refractivity contribution in [2.45, 2.75) is 18.7 Å². The van der Waals surface area contributed by atoms with Crippen LogP contribution in [0, 0.1) is 0 Å². The van der Waals surface area contributed by atoms with Crippen LogP contribution in [-0.2, 0) is 0 Å². The van der Waals surface area contributed by atoms with Crippen LogP contribution in [0.2, 0.25) is 0 Å². The Bertz CT molecular complexity index is 553. The molecule has 2 rings (SSSR count). The third-order valence-electron chi connectivity index (χ3n) is 3.42. The molecule has 0 unspecified atom stereocenters. The summed E-state index contributed by atoms with van der Waals surface area (Å²) in [5, 5.41) is 3.30. The minimum Gasteiger partial charge on any atom is -0.340 e. The Balaban J connectivity index is 1.83. The van der Waals surface area contributed by atoms with E-state index in [1.165, 1.54) is 4.90 Å². The first kappa shape index (κ1) is 17.3. The molecule has 0 spiro atoms. The van der Waals surface area contributed by atoms with E-state index in [4.69, 9.17) is 0 Å². The van der Waals surface area contributed by atoms with E-state index in [0.29, 0.717) is 0 Å². The summed E-state index contributed by atoms with van der Waals surface area (Å²) in [4.78, 5) is 8.07. The van der Waals surface area contributed by atoms with E-state index in [2.05, 4.69) is 69.2 Å². The summed E-state index contributed by atoms with van der Waals surface area (Å²) < 4.78 is 0.984. The Labute approximate surface area is 145 Å². The average molecular weight is 380 g/mol. The van der Waals surface area contributed by atoms with Crippen LogP contribution in [0.4, 0.5) is 11.5 Å². The maximum atomic E-state index is 4.32. The molecule has 3 nitrogen and oxygen atoms in total. The van der Waals surface area contributed by atoms with E-state index in [1.54, 1.807) is 6.20 Å². The van der Waals surface area contributed by atoms with Crippen molar-refractivity contribution in [2.24, 2.45) is 0 Å². The summed E-state index contributed by atoms with van der Waals surface area (Å²) in [5.41, 5.74) is 1.06. The number of aromatic nitrogens is 1. The molecule has 5 heteroatoms. The van der Waals surface area contributed by atoms with Gasteiger partial charge in [0.15, 0.2) is 0 Å². The topological polar surface area (TPSA) is 28.2 Å². The number of nitrogens with zero attached hydrogens (tertiary/aromatic N) is 2. The van der Waals surface area contributed by atoms with Crippen molar-refractivity contribution in [3.63, 3.8) is 0 Å². The Morgan fingerprint density at radius 2 is 1.82 bits per heavy atom. The summed E-state index contributed by atoms with van der Waals surface area (Å²) in [7, 11) is 0. The molecule has 0 aliphatic carbocycles. The molecular weight excluding hydrogens is 358 g/mol. The van der Waals surface area contributed by atoms with Crippen molar-refractivity contribution in [3.8, 4) is 0 Å². The number of pyridine rings is 1. The minimum atomic E-state index is 0.852. The number of hydrogen-bond donors (Lipinski definition) is 1. The largest absolute Gasteiger partial charge is 0.340 e. The zero-order valence-electron chi connectivity index (χ0n) is 13.1. The summed E-state index contributed by atoms with van der Waals surface area (Å²) in [5.74, 6) is 1.98. The lowest BCUT2D eigenvalue weighted by molar-refractivity contribution is 0.324. The second-order valence-corrected chi connectivity index (χ2v) is 6.97. The number of rotatable bonds is 8. The van der Waals surface area contributed by atoms with E-state index in [0.717, 1.165) is 41.4 Å². The molecule has 22 heavy (non-hydrogen) atoms. The molecule has 0 aliphatic rings. The summed E-state index contributed by atoms with van der Waals surface area (Å²) in [6, 6.07) is 12.5. The standard InChI is InChI=1S/C17H22BrN3S/c1-3-21(4-2)11-12-22-16-8-6-15(7-9-16)20-17-10-5-14(18)13-19-17/h5-10,13H,3-4,11-12H2,1-2H3,(H,19,20). The summed E-state index contributed by atoms with van der Waals surface area (Å²) in [6.07, 6.45) is 1.79. The van der Waals surface area contributed by atoms with E-state index in [9.17, 15) is 0 Å². The maximum Gasteiger partial charge on any atom is 0.130 e. The number of benzene rings is 1. The maximum absolute atomic E-state index is 4.32. The molecule has 1 N–H and O–H groups in total. The second-order valence-electron chi connectivity index (χ2n) is 4.89. The molecule has 1 aromatic carbocycles. The number of thioether (sulfide) groups is 1. The van der Waals surface area contributed by atoms with Crippen LogP contribution in [-0.4, -0.2) is 35.3 Å². The van der Waals surface area contributed by atoms with Gasteiger partial charge in [0.05, 0.1) is 0 Å². The molecule has 0 saturated carbocycles. The average Bonchev–Trinajstić information content (AvgIpc) is 2.55. The zero-order chi connectivity index (χ0) is 15.8. The van der Waals surface area contributed by atoms with Gasteiger partial charge in [0.25, 0.3) is 0 Å². The number of anilines is 2. The second kappa shape index (κ2) is 9.18. The van der Waals surface area contributed by atoms with Crippen LogP contribution < -0.4 is 5.32 Å². The lowest BCUT2D eigenvalue weighted by Gasteiger charge is -2.17. The third kappa shape index (κ3) is 5.63. The van der Waals surface area contributed by atoms with Crippen molar-refractivity contribution in [1.29, 1.82) is 0 Å². The van der Waals surface area contributed by atoms with Gasteiger partial charge in [-0.05, 0) is 65.4 Å². The van der Waals surface area contributed by atoms with Crippen LogP contribution in [0.25, 0.3) is 0 Å².